The lowest BCUT2D eigenvalue weighted by atomic mass is 9.94. The molecule has 1 N–H and O–H groups in total. The van der Waals surface area contributed by atoms with Gasteiger partial charge in [0.2, 0.25) is 0 Å². The van der Waals surface area contributed by atoms with Gasteiger partial charge in [-0.05, 0) is 73.1 Å². The molecule has 0 bridgehead atoms. The van der Waals surface area contributed by atoms with E-state index in [1.165, 1.54) is 16.7 Å². The number of benzene rings is 2. The van der Waals surface area contributed by atoms with E-state index in [0.29, 0.717) is 17.9 Å². The highest BCUT2D eigenvalue weighted by molar-refractivity contribution is 7.18. The van der Waals surface area contributed by atoms with Gasteiger partial charge in [0.15, 0.2) is 0 Å². The summed E-state index contributed by atoms with van der Waals surface area (Å²) in [7, 11) is 0. The fourth-order valence-corrected chi connectivity index (χ4v) is 5.20. The van der Waals surface area contributed by atoms with Gasteiger partial charge in [0.1, 0.15) is 16.8 Å². The van der Waals surface area contributed by atoms with Crippen LogP contribution in [0.3, 0.4) is 0 Å². The zero-order chi connectivity index (χ0) is 21.3. The smallest absolute Gasteiger partial charge is 0.303 e. The molecule has 0 radical (unpaired) electrons. The number of carboxylic acid groups (broad SMARTS) is 1. The van der Waals surface area contributed by atoms with Crippen LogP contribution >= 0.6 is 11.3 Å². The molecule has 0 fully saturated rings. The summed E-state index contributed by atoms with van der Waals surface area (Å²) in [5.41, 5.74) is 6.17. The van der Waals surface area contributed by atoms with Crippen LogP contribution in [0, 0.1) is 18.3 Å². The fourth-order valence-electron chi connectivity index (χ4n) is 4.20. The number of rotatable bonds is 6. The zero-order valence-corrected chi connectivity index (χ0v) is 17.8. The van der Waals surface area contributed by atoms with E-state index in [1.807, 2.05) is 31.3 Å². The normalized spacial score (nSPS) is 14.9. The molecule has 152 valence electrons. The van der Waals surface area contributed by atoms with E-state index >= 15 is 0 Å². The third kappa shape index (κ3) is 3.69. The Bertz CT molecular complexity index is 1160. The summed E-state index contributed by atoms with van der Waals surface area (Å²) in [4.78, 5) is 16.8. The molecule has 6 heteroatoms. The van der Waals surface area contributed by atoms with Crippen molar-refractivity contribution < 1.29 is 14.6 Å². The fraction of sp³-hybridized carbons (Fsp3) is 0.292. The molecule has 1 aliphatic carbocycles. The van der Waals surface area contributed by atoms with Crippen LogP contribution in [-0.2, 0) is 11.2 Å². The molecule has 1 aromatic heterocycles. The minimum absolute atomic E-state index is 0.102. The summed E-state index contributed by atoms with van der Waals surface area (Å²) in [5.74, 6) is -0.0459. The molecular formula is C24H22N2O3S. The molecule has 1 atom stereocenters. The number of thiazole rings is 1. The van der Waals surface area contributed by atoms with Crippen molar-refractivity contribution in [3.8, 4) is 32.8 Å². The maximum Gasteiger partial charge on any atom is 0.303 e. The molecular weight excluding hydrogens is 396 g/mol. The standard InChI is InChI=1S/C24H22N2O3S/c1-3-29-21-9-5-16(10-17(21)12-25)22-13-26-24(30-22)19-7-8-20-15(11-23(27)28)4-6-18(20)14(19)2/h5,7-10,13,15H,3-4,6,11H2,1-2H3,(H,27,28). The number of hydrogen-bond donors (Lipinski definition) is 1. The zero-order valence-electron chi connectivity index (χ0n) is 16.9. The number of nitriles is 1. The Morgan fingerprint density at radius 1 is 1.37 bits per heavy atom. The highest BCUT2D eigenvalue weighted by Gasteiger charge is 2.27. The predicted molar refractivity (Wildman–Crippen MR) is 117 cm³/mol. The lowest BCUT2D eigenvalue weighted by Gasteiger charge is -2.12. The van der Waals surface area contributed by atoms with Crippen molar-refractivity contribution in [3.05, 3.63) is 58.8 Å². The minimum Gasteiger partial charge on any atom is -0.492 e. The maximum absolute atomic E-state index is 11.1. The monoisotopic (exact) mass is 418 g/mol. The van der Waals surface area contributed by atoms with Gasteiger partial charge < -0.3 is 9.84 Å². The first kappa shape index (κ1) is 20.1. The molecule has 0 aliphatic heterocycles. The first-order chi connectivity index (χ1) is 14.5. The second-order valence-electron chi connectivity index (χ2n) is 7.42. The summed E-state index contributed by atoms with van der Waals surface area (Å²) in [6.07, 6.45) is 3.83. The number of hydrogen-bond acceptors (Lipinski definition) is 5. The summed E-state index contributed by atoms with van der Waals surface area (Å²) >= 11 is 1.59. The van der Waals surface area contributed by atoms with Crippen LogP contribution in [0.1, 0.15) is 47.9 Å². The van der Waals surface area contributed by atoms with Crippen LogP contribution in [-0.4, -0.2) is 22.7 Å². The van der Waals surface area contributed by atoms with Crippen molar-refractivity contribution in [2.45, 2.75) is 39.0 Å². The van der Waals surface area contributed by atoms with E-state index in [1.54, 1.807) is 11.3 Å². The Hall–Kier alpha value is -3.17. The van der Waals surface area contributed by atoms with Gasteiger partial charge in [-0.3, -0.25) is 4.79 Å². The summed E-state index contributed by atoms with van der Waals surface area (Å²) < 4.78 is 5.51. The van der Waals surface area contributed by atoms with Crippen LogP contribution in [0.5, 0.6) is 5.75 Å². The minimum atomic E-state index is -0.744. The molecule has 1 unspecified atom stereocenters. The van der Waals surface area contributed by atoms with E-state index in [2.05, 4.69) is 30.1 Å². The van der Waals surface area contributed by atoms with Gasteiger partial charge in [-0.2, -0.15) is 5.26 Å². The van der Waals surface area contributed by atoms with E-state index in [4.69, 9.17) is 9.84 Å². The van der Waals surface area contributed by atoms with Crippen molar-refractivity contribution in [1.82, 2.24) is 4.98 Å². The van der Waals surface area contributed by atoms with Crippen LogP contribution in [0.2, 0.25) is 0 Å². The quantitative estimate of drug-likeness (QED) is 0.566. The number of aromatic nitrogens is 1. The van der Waals surface area contributed by atoms with Gasteiger partial charge in [-0.1, -0.05) is 12.1 Å². The van der Waals surface area contributed by atoms with Crippen molar-refractivity contribution in [2.24, 2.45) is 0 Å². The number of carboxylic acids is 1. The predicted octanol–water partition coefficient (Wildman–Crippen LogP) is 5.56. The molecule has 1 aliphatic rings. The van der Waals surface area contributed by atoms with Gasteiger partial charge in [0.25, 0.3) is 0 Å². The van der Waals surface area contributed by atoms with E-state index in [9.17, 15) is 10.1 Å². The largest absolute Gasteiger partial charge is 0.492 e. The van der Waals surface area contributed by atoms with E-state index in [-0.39, 0.29) is 12.3 Å². The third-order valence-electron chi connectivity index (χ3n) is 5.66. The summed E-state index contributed by atoms with van der Waals surface area (Å²) in [6, 6.07) is 12.0. The van der Waals surface area contributed by atoms with Gasteiger partial charge in [-0.25, -0.2) is 4.98 Å². The van der Waals surface area contributed by atoms with Crippen LogP contribution < -0.4 is 4.74 Å². The number of ether oxygens (including phenoxy) is 1. The van der Waals surface area contributed by atoms with E-state index < -0.39 is 5.97 Å². The Labute approximate surface area is 179 Å². The van der Waals surface area contributed by atoms with Crippen LogP contribution in [0.25, 0.3) is 21.0 Å². The average Bonchev–Trinajstić information content (AvgIpc) is 3.37. The molecule has 0 amide bonds. The SMILES string of the molecule is CCOc1ccc(-c2cnc(-c3ccc4c(c3C)CCC4CC(=O)O)s2)cc1C#N. The van der Waals surface area contributed by atoms with Crippen molar-refractivity contribution in [3.63, 3.8) is 0 Å². The molecule has 0 saturated carbocycles. The average molecular weight is 419 g/mol. The molecule has 1 heterocycles. The van der Waals surface area contributed by atoms with Crippen molar-refractivity contribution >= 4 is 17.3 Å². The lowest BCUT2D eigenvalue weighted by molar-refractivity contribution is -0.137. The van der Waals surface area contributed by atoms with Crippen LogP contribution in [0.15, 0.2) is 36.5 Å². The molecule has 3 aromatic rings. The van der Waals surface area contributed by atoms with Gasteiger partial charge >= 0.3 is 5.97 Å². The summed E-state index contributed by atoms with van der Waals surface area (Å²) in [5, 5.41) is 19.5. The van der Waals surface area contributed by atoms with Crippen molar-refractivity contribution in [2.75, 3.05) is 6.61 Å². The third-order valence-corrected chi connectivity index (χ3v) is 6.74. The molecule has 30 heavy (non-hydrogen) atoms. The first-order valence-electron chi connectivity index (χ1n) is 9.99. The van der Waals surface area contributed by atoms with Crippen LogP contribution in [0.4, 0.5) is 0 Å². The second-order valence-corrected chi connectivity index (χ2v) is 8.46. The molecule has 0 spiro atoms. The number of aliphatic carboxylic acids is 1. The topological polar surface area (TPSA) is 83.2 Å². The molecule has 4 rings (SSSR count). The van der Waals surface area contributed by atoms with Gasteiger partial charge in [-0.15, -0.1) is 11.3 Å². The Morgan fingerprint density at radius 3 is 2.93 bits per heavy atom. The van der Waals surface area contributed by atoms with E-state index in [0.717, 1.165) is 33.9 Å². The second kappa shape index (κ2) is 8.29. The molecule has 2 aromatic carbocycles. The van der Waals surface area contributed by atoms with Gasteiger partial charge in [0.05, 0.1) is 23.5 Å². The number of nitrogens with zero attached hydrogens (tertiary/aromatic N) is 2. The van der Waals surface area contributed by atoms with Gasteiger partial charge in [0, 0.05) is 11.8 Å². The highest BCUT2D eigenvalue weighted by Crippen LogP contribution is 2.42. The Kier molecular flexibility index (Phi) is 5.56. The number of carbonyl (C=O) groups is 1. The molecule has 5 nitrogen and oxygen atoms in total. The highest BCUT2D eigenvalue weighted by atomic mass is 32.1. The first-order valence-corrected chi connectivity index (χ1v) is 10.8. The maximum atomic E-state index is 11.1. The Morgan fingerprint density at radius 2 is 2.20 bits per heavy atom. The number of fused-ring (bicyclic) bond motifs is 1. The van der Waals surface area contributed by atoms with Crippen molar-refractivity contribution in [1.29, 1.82) is 5.26 Å². The Balaban J connectivity index is 1.66. The summed E-state index contributed by atoms with van der Waals surface area (Å²) in [6.45, 7) is 4.51. The lowest BCUT2D eigenvalue weighted by Crippen LogP contribution is -2.03. The molecule has 0 saturated heterocycles.